The standard InChI is InChI=1S/C18H15ClF2N2O2/c19-12-3-1-11(2-4-12)10-22-16(24)18(7-8-18)17(25)23-15-6-5-13(20)9-14(15)21/h1-6,9H,7-8,10H2,(H,22,24)(H,23,25). The molecule has 0 unspecified atom stereocenters. The Kier molecular flexibility index (Phi) is 4.72. The van der Waals surface area contributed by atoms with Crippen molar-refractivity contribution in [2.24, 2.45) is 5.41 Å². The van der Waals surface area contributed by atoms with Gasteiger partial charge in [0.2, 0.25) is 11.8 Å². The average molecular weight is 365 g/mol. The number of nitrogens with one attached hydrogen (secondary N) is 2. The van der Waals surface area contributed by atoms with Crippen molar-refractivity contribution in [2.75, 3.05) is 5.32 Å². The van der Waals surface area contributed by atoms with Crippen LogP contribution in [-0.2, 0) is 16.1 Å². The third-order valence-corrected chi connectivity index (χ3v) is 4.42. The van der Waals surface area contributed by atoms with Crippen LogP contribution in [0.1, 0.15) is 18.4 Å². The van der Waals surface area contributed by atoms with Crippen molar-refractivity contribution in [3.8, 4) is 0 Å². The minimum Gasteiger partial charge on any atom is -0.351 e. The molecule has 2 N–H and O–H groups in total. The van der Waals surface area contributed by atoms with Gasteiger partial charge in [0, 0.05) is 17.6 Å². The maximum absolute atomic E-state index is 13.7. The molecule has 130 valence electrons. The van der Waals surface area contributed by atoms with E-state index in [1.165, 1.54) is 0 Å². The normalized spacial score (nSPS) is 14.7. The molecule has 1 fully saturated rings. The van der Waals surface area contributed by atoms with Crippen molar-refractivity contribution in [3.05, 3.63) is 64.7 Å². The van der Waals surface area contributed by atoms with Crippen molar-refractivity contribution in [1.82, 2.24) is 5.32 Å². The Morgan fingerprint density at radius 3 is 2.32 bits per heavy atom. The molecular weight excluding hydrogens is 350 g/mol. The van der Waals surface area contributed by atoms with Crippen molar-refractivity contribution in [3.63, 3.8) is 0 Å². The van der Waals surface area contributed by atoms with E-state index in [-0.39, 0.29) is 12.2 Å². The van der Waals surface area contributed by atoms with E-state index in [2.05, 4.69) is 10.6 Å². The van der Waals surface area contributed by atoms with Crippen LogP contribution in [0.2, 0.25) is 5.02 Å². The van der Waals surface area contributed by atoms with Gasteiger partial charge in [0.25, 0.3) is 0 Å². The van der Waals surface area contributed by atoms with E-state index >= 15 is 0 Å². The Morgan fingerprint density at radius 2 is 1.72 bits per heavy atom. The lowest BCUT2D eigenvalue weighted by molar-refractivity contribution is -0.134. The molecule has 0 radical (unpaired) electrons. The summed E-state index contributed by atoms with van der Waals surface area (Å²) in [4.78, 5) is 24.8. The average Bonchev–Trinajstić information content (AvgIpc) is 3.38. The van der Waals surface area contributed by atoms with Gasteiger partial charge in [0.1, 0.15) is 17.0 Å². The number of carbonyl (C=O) groups excluding carboxylic acids is 2. The first-order chi connectivity index (χ1) is 11.9. The fourth-order valence-electron chi connectivity index (χ4n) is 2.47. The summed E-state index contributed by atoms with van der Waals surface area (Å²) in [7, 11) is 0. The van der Waals surface area contributed by atoms with Crippen LogP contribution in [-0.4, -0.2) is 11.8 Å². The molecule has 7 heteroatoms. The van der Waals surface area contributed by atoms with Crippen LogP contribution >= 0.6 is 11.6 Å². The summed E-state index contributed by atoms with van der Waals surface area (Å²) in [5.41, 5.74) is -0.505. The quantitative estimate of drug-likeness (QED) is 0.795. The number of anilines is 1. The molecule has 0 heterocycles. The third-order valence-electron chi connectivity index (χ3n) is 4.16. The third kappa shape index (κ3) is 3.79. The van der Waals surface area contributed by atoms with Gasteiger partial charge in [-0.2, -0.15) is 0 Å². The zero-order chi connectivity index (χ0) is 18.0. The SMILES string of the molecule is O=C(NCc1ccc(Cl)cc1)C1(C(=O)Nc2ccc(F)cc2F)CC1. The molecule has 3 rings (SSSR count). The van der Waals surface area contributed by atoms with E-state index in [9.17, 15) is 18.4 Å². The molecule has 0 spiro atoms. The number of benzene rings is 2. The van der Waals surface area contributed by atoms with Crippen molar-refractivity contribution in [2.45, 2.75) is 19.4 Å². The van der Waals surface area contributed by atoms with Gasteiger partial charge in [0.05, 0.1) is 5.69 Å². The summed E-state index contributed by atoms with van der Waals surface area (Å²) < 4.78 is 26.6. The molecule has 0 atom stereocenters. The second-order valence-electron chi connectivity index (χ2n) is 5.97. The number of carbonyl (C=O) groups is 2. The molecular formula is C18H15ClF2N2O2. The fourth-order valence-corrected chi connectivity index (χ4v) is 2.59. The Bertz CT molecular complexity index is 820. The van der Waals surface area contributed by atoms with Crippen LogP contribution in [0.15, 0.2) is 42.5 Å². The minimum absolute atomic E-state index is 0.150. The summed E-state index contributed by atoms with van der Waals surface area (Å²) in [6, 6.07) is 9.81. The van der Waals surface area contributed by atoms with Gasteiger partial charge in [-0.05, 0) is 42.7 Å². The maximum Gasteiger partial charge on any atom is 0.240 e. The van der Waals surface area contributed by atoms with Gasteiger partial charge in [-0.1, -0.05) is 23.7 Å². The molecule has 0 aromatic heterocycles. The van der Waals surface area contributed by atoms with E-state index in [1.54, 1.807) is 24.3 Å². The number of amides is 2. The number of hydrogen-bond acceptors (Lipinski definition) is 2. The molecule has 0 aliphatic heterocycles. The van der Waals surface area contributed by atoms with Crippen LogP contribution in [0.5, 0.6) is 0 Å². The highest BCUT2D eigenvalue weighted by Crippen LogP contribution is 2.47. The highest BCUT2D eigenvalue weighted by molar-refractivity contribution is 6.30. The van der Waals surface area contributed by atoms with Crippen LogP contribution < -0.4 is 10.6 Å². The van der Waals surface area contributed by atoms with Gasteiger partial charge in [-0.15, -0.1) is 0 Å². The highest BCUT2D eigenvalue weighted by atomic mass is 35.5. The van der Waals surface area contributed by atoms with Crippen LogP contribution in [0.3, 0.4) is 0 Å². The number of halogens is 3. The van der Waals surface area contributed by atoms with Gasteiger partial charge < -0.3 is 10.6 Å². The van der Waals surface area contributed by atoms with Gasteiger partial charge in [-0.25, -0.2) is 8.78 Å². The van der Waals surface area contributed by atoms with E-state index in [0.717, 1.165) is 17.7 Å². The monoisotopic (exact) mass is 364 g/mol. The molecule has 1 saturated carbocycles. The van der Waals surface area contributed by atoms with Crippen molar-refractivity contribution < 1.29 is 18.4 Å². The fraction of sp³-hybridized carbons (Fsp3) is 0.222. The predicted octanol–water partition coefficient (Wildman–Crippen LogP) is 3.65. The second kappa shape index (κ2) is 6.80. The zero-order valence-corrected chi connectivity index (χ0v) is 13.9. The zero-order valence-electron chi connectivity index (χ0n) is 13.1. The molecule has 0 bridgehead atoms. The summed E-state index contributed by atoms with van der Waals surface area (Å²) in [5, 5.41) is 5.67. The number of hydrogen-bond donors (Lipinski definition) is 2. The van der Waals surface area contributed by atoms with E-state index in [0.29, 0.717) is 23.9 Å². The molecule has 25 heavy (non-hydrogen) atoms. The second-order valence-corrected chi connectivity index (χ2v) is 6.41. The van der Waals surface area contributed by atoms with E-state index in [4.69, 9.17) is 11.6 Å². The lowest BCUT2D eigenvalue weighted by Gasteiger charge is -2.16. The molecule has 4 nitrogen and oxygen atoms in total. The number of rotatable bonds is 5. The molecule has 2 amide bonds. The summed E-state index contributed by atoms with van der Waals surface area (Å²) in [5.74, 6) is -2.63. The first-order valence-electron chi connectivity index (χ1n) is 7.70. The highest BCUT2D eigenvalue weighted by Gasteiger charge is 2.56. The van der Waals surface area contributed by atoms with Gasteiger partial charge in [-0.3, -0.25) is 9.59 Å². The van der Waals surface area contributed by atoms with E-state index in [1.807, 2.05) is 0 Å². The van der Waals surface area contributed by atoms with E-state index < -0.39 is 28.9 Å². The molecule has 1 aliphatic rings. The van der Waals surface area contributed by atoms with Crippen LogP contribution in [0.4, 0.5) is 14.5 Å². The Hall–Kier alpha value is -2.47. The molecule has 1 aliphatic carbocycles. The Morgan fingerprint density at radius 1 is 1.04 bits per heavy atom. The molecule has 2 aromatic carbocycles. The lowest BCUT2D eigenvalue weighted by Crippen LogP contribution is -2.39. The van der Waals surface area contributed by atoms with Crippen LogP contribution in [0, 0.1) is 17.0 Å². The first-order valence-corrected chi connectivity index (χ1v) is 8.08. The minimum atomic E-state index is -1.20. The van der Waals surface area contributed by atoms with Crippen molar-refractivity contribution in [1.29, 1.82) is 0 Å². The molecule has 2 aromatic rings. The Labute approximate surface area is 148 Å². The topological polar surface area (TPSA) is 58.2 Å². The maximum atomic E-state index is 13.7. The lowest BCUT2D eigenvalue weighted by atomic mass is 10.0. The Balaban J connectivity index is 1.63. The van der Waals surface area contributed by atoms with Gasteiger partial charge >= 0.3 is 0 Å². The first kappa shape index (κ1) is 17.4. The molecule has 0 saturated heterocycles. The van der Waals surface area contributed by atoms with Crippen molar-refractivity contribution >= 4 is 29.1 Å². The summed E-state index contributed by atoms with van der Waals surface area (Å²) in [6.45, 7) is 0.260. The largest absolute Gasteiger partial charge is 0.351 e. The predicted molar refractivity (Wildman–Crippen MR) is 90.0 cm³/mol. The summed E-state index contributed by atoms with van der Waals surface area (Å²) >= 11 is 5.80. The van der Waals surface area contributed by atoms with Crippen LogP contribution in [0.25, 0.3) is 0 Å². The summed E-state index contributed by atoms with van der Waals surface area (Å²) in [6.07, 6.45) is 0.766. The smallest absolute Gasteiger partial charge is 0.240 e. The van der Waals surface area contributed by atoms with Gasteiger partial charge in [0.15, 0.2) is 0 Å².